The molecule has 1 aromatic carbocycles. The third kappa shape index (κ3) is 7.80. The Morgan fingerprint density at radius 3 is 2.33 bits per heavy atom. The first-order chi connectivity index (χ1) is 14.3. The number of carbonyl (C=O) groups excluding carboxylic acids is 3. The van der Waals surface area contributed by atoms with Gasteiger partial charge in [-0.1, -0.05) is 49.9 Å². The maximum atomic E-state index is 12.7. The first-order valence-corrected chi connectivity index (χ1v) is 11.3. The molecule has 0 saturated carbocycles. The molecule has 0 aromatic heterocycles. The highest BCUT2D eigenvalue weighted by molar-refractivity contribution is 6.36. The number of likely N-dealkylation sites (tertiary alicyclic amines) is 1. The van der Waals surface area contributed by atoms with Crippen LogP contribution < -0.4 is 10.6 Å². The molecule has 1 heterocycles. The summed E-state index contributed by atoms with van der Waals surface area (Å²) in [6.45, 7) is 5.79. The summed E-state index contributed by atoms with van der Waals surface area (Å²) >= 11 is 12.0. The molecule has 0 spiro atoms. The lowest BCUT2D eigenvalue weighted by molar-refractivity contribution is -0.131. The van der Waals surface area contributed by atoms with Gasteiger partial charge in [0.25, 0.3) is 5.91 Å². The fourth-order valence-corrected chi connectivity index (χ4v) is 4.00. The van der Waals surface area contributed by atoms with Crippen LogP contribution in [0.3, 0.4) is 0 Å². The van der Waals surface area contributed by atoms with Crippen molar-refractivity contribution in [2.45, 2.75) is 58.4 Å². The Hall–Kier alpha value is -1.79. The van der Waals surface area contributed by atoms with E-state index in [9.17, 15) is 14.4 Å². The van der Waals surface area contributed by atoms with Gasteiger partial charge in [0.05, 0.1) is 10.6 Å². The Morgan fingerprint density at radius 1 is 1.07 bits per heavy atom. The molecule has 166 valence electrons. The highest BCUT2D eigenvalue weighted by Gasteiger charge is 2.24. The van der Waals surface area contributed by atoms with Crippen LogP contribution in [0.5, 0.6) is 0 Å². The molecule has 2 rings (SSSR count). The van der Waals surface area contributed by atoms with Gasteiger partial charge in [0.1, 0.15) is 6.04 Å². The largest absolute Gasteiger partial charge is 0.354 e. The molecular formula is C22H31Cl2N3O3. The molecule has 30 heavy (non-hydrogen) atoms. The van der Waals surface area contributed by atoms with Gasteiger partial charge in [-0.3, -0.25) is 14.4 Å². The molecule has 2 N–H and O–H groups in total. The van der Waals surface area contributed by atoms with E-state index in [4.69, 9.17) is 23.2 Å². The number of nitrogens with zero attached hydrogens (tertiary/aromatic N) is 1. The molecule has 1 atom stereocenters. The van der Waals surface area contributed by atoms with Gasteiger partial charge >= 0.3 is 0 Å². The van der Waals surface area contributed by atoms with Crippen molar-refractivity contribution in [3.05, 3.63) is 33.8 Å². The molecule has 0 radical (unpaired) electrons. The van der Waals surface area contributed by atoms with Gasteiger partial charge in [0.2, 0.25) is 11.8 Å². The molecule has 1 saturated heterocycles. The monoisotopic (exact) mass is 455 g/mol. The zero-order chi connectivity index (χ0) is 22.1. The minimum absolute atomic E-state index is 0.0644. The number of halogens is 2. The minimum atomic E-state index is -0.711. The summed E-state index contributed by atoms with van der Waals surface area (Å²) in [5.41, 5.74) is 0.263. The van der Waals surface area contributed by atoms with Gasteiger partial charge in [-0.25, -0.2) is 0 Å². The van der Waals surface area contributed by atoms with E-state index in [2.05, 4.69) is 10.6 Å². The van der Waals surface area contributed by atoms with Crippen molar-refractivity contribution in [2.75, 3.05) is 19.6 Å². The average molecular weight is 456 g/mol. The summed E-state index contributed by atoms with van der Waals surface area (Å²) in [4.78, 5) is 39.6. The van der Waals surface area contributed by atoms with E-state index in [0.717, 1.165) is 38.8 Å². The number of benzene rings is 1. The van der Waals surface area contributed by atoms with Gasteiger partial charge in [-0.05, 0) is 43.4 Å². The van der Waals surface area contributed by atoms with Crippen LogP contribution in [0.4, 0.5) is 0 Å². The van der Waals surface area contributed by atoms with Crippen LogP contribution in [0.15, 0.2) is 18.2 Å². The van der Waals surface area contributed by atoms with Crippen LogP contribution >= 0.6 is 23.2 Å². The number of hydrogen-bond donors (Lipinski definition) is 2. The summed E-state index contributed by atoms with van der Waals surface area (Å²) < 4.78 is 0. The molecule has 8 heteroatoms. The third-order valence-electron chi connectivity index (χ3n) is 5.10. The van der Waals surface area contributed by atoms with Crippen molar-refractivity contribution in [2.24, 2.45) is 5.92 Å². The third-order valence-corrected chi connectivity index (χ3v) is 5.65. The zero-order valence-corrected chi connectivity index (χ0v) is 19.2. The number of rotatable bonds is 8. The molecule has 0 aliphatic carbocycles. The fraction of sp³-hybridized carbons (Fsp3) is 0.591. The van der Waals surface area contributed by atoms with Gasteiger partial charge in [-0.15, -0.1) is 0 Å². The summed E-state index contributed by atoms with van der Waals surface area (Å²) in [5.74, 6) is -0.473. The molecule has 1 unspecified atom stereocenters. The predicted octanol–water partition coefficient (Wildman–Crippen LogP) is 4.05. The van der Waals surface area contributed by atoms with Crippen LogP contribution in [-0.4, -0.2) is 48.3 Å². The second-order valence-corrected chi connectivity index (χ2v) is 8.96. The molecular weight excluding hydrogens is 425 g/mol. The first-order valence-electron chi connectivity index (χ1n) is 10.6. The minimum Gasteiger partial charge on any atom is -0.354 e. The van der Waals surface area contributed by atoms with Gasteiger partial charge in [0, 0.05) is 31.1 Å². The second-order valence-electron chi connectivity index (χ2n) is 8.12. The van der Waals surface area contributed by atoms with Crippen LogP contribution in [0.2, 0.25) is 10.0 Å². The quantitative estimate of drug-likeness (QED) is 0.620. The Labute approximate surface area is 188 Å². The van der Waals surface area contributed by atoms with Gasteiger partial charge < -0.3 is 15.5 Å². The first kappa shape index (κ1) is 24.5. The Kier molecular flexibility index (Phi) is 9.92. The predicted molar refractivity (Wildman–Crippen MR) is 120 cm³/mol. The summed E-state index contributed by atoms with van der Waals surface area (Å²) in [6, 6.07) is 3.89. The lowest BCUT2D eigenvalue weighted by atomic mass is 10.0. The Balaban J connectivity index is 1.91. The average Bonchev–Trinajstić information content (AvgIpc) is 2.96. The molecule has 1 aliphatic rings. The van der Waals surface area contributed by atoms with Crippen molar-refractivity contribution in [3.63, 3.8) is 0 Å². The molecule has 0 bridgehead atoms. The van der Waals surface area contributed by atoms with E-state index >= 15 is 0 Å². The Bertz CT molecular complexity index is 747. The normalized spacial score (nSPS) is 15.4. The van der Waals surface area contributed by atoms with E-state index in [0.29, 0.717) is 11.4 Å². The zero-order valence-electron chi connectivity index (χ0n) is 17.7. The van der Waals surface area contributed by atoms with Crippen LogP contribution in [0.1, 0.15) is 62.7 Å². The maximum absolute atomic E-state index is 12.7. The van der Waals surface area contributed by atoms with Crippen LogP contribution in [0, 0.1) is 5.92 Å². The summed E-state index contributed by atoms with van der Waals surface area (Å²) in [6.07, 6.45) is 5.13. The molecule has 6 nitrogen and oxygen atoms in total. The van der Waals surface area contributed by atoms with Gasteiger partial charge in [0.15, 0.2) is 0 Å². The van der Waals surface area contributed by atoms with Gasteiger partial charge in [-0.2, -0.15) is 0 Å². The molecule has 1 fully saturated rings. The molecule has 3 amide bonds. The molecule has 1 aliphatic heterocycles. The van der Waals surface area contributed by atoms with E-state index in [1.165, 1.54) is 12.1 Å². The van der Waals surface area contributed by atoms with E-state index in [1.807, 2.05) is 18.7 Å². The lowest BCUT2D eigenvalue weighted by Gasteiger charge is -2.22. The van der Waals surface area contributed by atoms with E-state index in [1.54, 1.807) is 6.07 Å². The van der Waals surface area contributed by atoms with Crippen molar-refractivity contribution in [1.82, 2.24) is 15.5 Å². The second kappa shape index (κ2) is 12.2. The van der Waals surface area contributed by atoms with Crippen molar-refractivity contribution in [1.29, 1.82) is 0 Å². The van der Waals surface area contributed by atoms with Crippen LogP contribution in [0.25, 0.3) is 0 Å². The van der Waals surface area contributed by atoms with E-state index in [-0.39, 0.29) is 41.3 Å². The highest BCUT2D eigenvalue weighted by atomic mass is 35.5. The summed E-state index contributed by atoms with van der Waals surface area (Å²) in [5, 5.41) is 6.22. The number of amides is 3. The highest BCUT2D eigenvalue weighted by Crippen LogP contribution is 2.21. The SMILES string of the molecule is CC(C)CC(NC(=O)c1ccc(Cl)cc1Cl)C(=O)NCCC(=O)N1CCCCCC1. The topological polar surface area (TPSA) is 78.5 Å². The number of nitrogens with one attached hydrogen (secondary N) is 2. The number of hydrogen-bond acceptors (Lipinski definition) is 3. The maximum Gasteiger partial charge on any atom is 0.253 e. The van der Waals surface area contributed by atoms with Crippen molar-refractivity contribution in [3.8, 4) is 0 Å². The lowest BCUT2D eigenvalue weighted by Crippen LogP contribution is -2.48. The van der Waals surface area contributed by atoms with E-state index < -0.39 is 11.9 Å². The standard InChI is InChI=1S/C22H31Cl2N3O3/c1-15(2)13-19(26-21(29)17-8-7-16(23)14-18(17)24)22(30)25-10-9-20(28)27-11-5-3-4-6-12-27/h7-8,14-15,19H,3-6,9-13H2,1-2H3,(H,25,30)(H,26,29). The van der Waals surface area contributed by atoms with Crippen molar-refractivity contribution < 1.29 is 14.4 Å². The number of carbonyl (C=O) groups is 3. The van der Waals surface area contributed by atoms with Crippen LogP contribution in [-0.2, 0) is 9.59 Å². The molecule has 1 aromatic rings. The Morgan fingerprint density at radius 2 is 1.73 bits per heavy atom. The fourth-order valence-electron chi connectivity index (χ4n) is 3.51. The summed E-state index contributed by atoms with van der Waals surface area (Å²) in [7, 11) is 0. The van der Waals surface area contributed by atoms with Crippen molar-refractivity contribution >= 4 is 40.9 Å². The smallest absolute Gasteiger partial charge is 0.253 e.